The number of carbonyl (C=O) groups is 1. The van der Waals surface area contributed by atoms with Crippen molar-refractivity contribution in [1.29, 1.82) is 0 Å². The quantitative estimate of drug-likeness (QED) is 0.706. The number of ether oxygens (including phenoxy) is 1. The van der Waals surface area contributed by atoms with Gasteiger partial charge in [0.25, 0.3) is 0 Å². The van der Waals surface area contributed by atoms with Gasteiger partial charge in [0.2, 0.25) is 0 Å². The molecule has 3 aliphatic rings. The third-order valence-electron chi connectivity index (χ3n) is 5.55. The summed E-state index contributed by atoms with van der Waals surface area (Å²) in [5.41, 5.74) is 0.239. The van der Waals surface area contributed by atoms with Crippen molar-refractivity contribution in [2.24, 2.45) is 11.8 Å². The lowest BCUT2D eigenvalue weighted by Crippen LogP contribution is -2.43. The van der Waals surface area contributed by atoms with E-state index in [1.165, 1.54) is 44.9 Å². The summed E-state index contributed by atoms with van der Waals surface area (Å²) < 4.78 is 6.18. The van der Waals surface area contributed by atoms with Crippen LogP contribution in [0.25, 0.3) is 0 Å². The van der Waals surface area contributed by atoms with E-state index in [1.54, 1.807) is 0 Å². The van der Waals surface area contributed by atoms with E-state index < -0.39 is 0 Å². The predicted octanol–water partition coefficient (Wildman–Crippen LogP) is 3.88. The van der Waals surface area contributed by atoms with E-state index in [9.17, 15) is 4.79 Å². The first kappa shape index (κ1) is 12.7. The molecule has 18 heavy (non-hydrogen) atoms. The summed E-state index contributed by atoms with van der Waals surface area (Å²) in [5, 5.41) is 0. The van der Waals surface area contributed by atoms with E-state index in [0.717, 1.165) is 44.1 Å². The Morgan fingerprint density at radius 2 is 1.67 bits per heavy atom. The van der Waals surface area contributed by atoms with Crippen LogP contribution in [0.4, 0.5) is 0 Å². The van der Waals surface area contributed by atoms with Crippen LogP contribution in [0, 0.1) is 11.8 Å². The summed E-state index contributed by atoms with van der Waals surface area (Å²) in [6.07, 6.45) is 13.2. The minimum Gasteiger partial charge on any atom is -0.375 e. The zero-order chi connectivity index (χ0) is 12.4. The van der Waals surface area contributed by atoms with Gasteiger partial charge >= 0.3 is 0 Å². The molecule has 0 bridgehead atoms. The second-order valence-corrected chi connectivity index (χ2v) is 6.72. The Kier molecular flexibility index (Phi) is 3.74. The second kappa shape index (κ2) is 5.32. The maximum Gasteiger partial charge on any atom is 0.132 e. The Morgan fingerprint density at radius 3 is 2.39 bits per heavy atom. The van der Waals surface area contributed by atoms with E-state index in [1.807, 2.05) is 0 Å². The van der Waals surface area contributed by atoms with Gasteiger partial charge < -0.3 is 4.74 Å². The lowest BCUT2D eigenvalue weighted by atomic mass is 9.69. The van der Waals surface area contributed by atoms with Gasteiger partial charge in [-0.15, -0.1) is 0 Å². The number of ketones is 1. The molecule has 2 nitrogen and oxygen atoms in total. The van der Waals surface area contributed by atoms with Crippen LogP contribution in [0.15, 0.2) is 0 Å². The van der Waals surface area contributed by atoms with Crippen LogP contribution in [0.2, 0.25) is 0 Å². The Hall–Kier alpha value is -0.370. The summed E-state index contributed by atoms with van der Waals surface area (Å²) in [7, 11) is 0. The summed E-state index contributed by atoms with van der Waals surface area (Å²) in [5.74, 6) is 2.14. The molecule has 3 fully saturated rings. The molecular formula is C16H26O2. The van der Waals surface area contributed by atoms with Crippen LogP contribution in [0.1, 0.15) is 70.6 Å². The average Bonchev–Trinajstić information content (AvgIpc) is 2.40. The summed E-state index contributed by atoms with van der Waals surface area (Å²) in [6, 6.07) is 0. The first-order valence-electron chi connectivity index (χ1n) is 7.93. The maximum atomic E-state index is 11.4. The smallest absolute Gasteiger partial charge is 0.132 e. The van der Waals surface area contributed by atoms with Gasteiger partial charge in [-0.1, -0.05) is 19.3 Å². The Morgan fingerprint density at radius 1 is 0.944 bits per heavy atom. The molecule has 1 spiro atoms. The van der Waals surface area contributed by atoms with E-state index in [4.69, 9.17) is 4.74 Å². The van der Waals surface area contributed by atoms with Crippen LogP contribution in [-0.2, 0) is 9.53 Å². The molecule has 2 aliphatic carbocycles. The predicted molar refractivity (Wildman–Crippen MR) is 71.5 cm³/mol. The molecule has 2 heteroatoms. The number of Topliss-reactive ketones (excluding diaryl/α,β-unsaturated/α-hetero) is 1. The third-order valence-corrected chi connectivity index (χ3v) is 5.55. The fourth-order valence-corrected chi connectivity index (χ4v) is 4.45. The van der Waals surface area contributed by atoms with E-state index in [0.29, 0.717) is 5.78 Å². The van der Waals surface area contributed by atoms with Crippen molar-refractivity contribution in [3.63, 3.8) is 0 Å². The van der Waals surface area contributed by atoms with Gasteiger partial charge in [-0.3, -0.25) is 4.79 Å². The molecule has 1 saturated heterocycles. The normalized spacial score (nSPS) is 33.8. The molecule has 3 rings (SSSR count). The Labute approximate surface area is 110 Å². The van der Waals surface area contributed by atoms with Crippen LogP contribution < -0.4 is 0 Å². The fraction of sp³-hybridized carbons (Fsp3) is 0.938. The Bertz CT molecular complexity index is 289. The van der Waals surface area contributed by atoms with Gasteiger partial charge in [0.1, 0.15) is 5.78 Å². The first-order chi connectivity index (χ1) is 8.77. The fourth-order valence-electron chi connectivity index (χ4n) is 4.45. The highest BCUT2D eigenvalue weighted by Gasteiger charge is 2.41. The SMILES string of the molecule is O=C1CCC(C2CCOC3(CCCCC3)C2)CC1. The van der Waals surface area contributed by atoms with Crippen molar-refractivity contribution in [3.8, 4) is 0 Å². The summed E-state index contributed by atoms with van der Waals surface area (Å²) >= 11 is 0. The monoisotopic (exact) mass is 250 g/mol. The minimum atomic E-state index is 0.239. The van der Waals surface area contributed by atoms with Gasteiger partial charge in [-0.25, -0.2) is 0 Å². The molecule has 1 unspecified atom stereocenters. The highest BCUT2D eigenvalue weighted by molar-refractivity contribution is 5.79. The van der Waals surface area contributed by atoms with Gasteiger partial charge in [0.15, 0.2) is 0 Å². The third kappa shape index (κ3) is 2.64. The van der Waals surface area contributed by atoms with Crippen LogP contribution in [-0.4, -0.2) is 18.0 Å². The van der Waals surface area contributed by atoms with Gasteiger partial charge in [-0.05, 0) is 50.4 Å². The molecule has 0 aromatic heterocycles. The number of rotatable bonds is 1. The Balaban J connectivity index is 1.61. The molecule has 0 aromatic carbocycles. The maximum absolute atomic E-state index is 11.4. The van der Waals surface area contributed by atoms with Gasteiger partial charge in [-0.2, -0.15) is 0 Å². The van der Waals surface area contributed by atoms with Crippen molar-refractivity contribution in [2.45, 2.75) is 76.2 Å². The summed E-state index contributed by atoms with van der Waals surface area (Å²) in [6.45, 7) is 0.967. The number of hydrogen-bond acceptors (Lipinski definition) is 2. The molecule has 102 valence electrons. The molecule has 0 aromatic rings. The van der Waals surface area contributed by atoms with E-state index >= 15 is 0 Å². The minimum absolute atomic E-state index is 0.239. The molecule has 1 aliphatic heterocycles. The average molecular weight is 250 g/mol. The van der Waals surface area contributed by atoms with Crippen LogP contribution in [0.3, 0.4) is 0 Å². The summed E-state index contributed by atoms with van der Waals surface area (Å²) in [4.78, 5) is 11.4. The lowest BCUT2D eigenvalue weighted by molar-refractivity contribution is -0.131. The second-order valence-electron chi connectivity index (χ2n) is 6.72. The van der Waals surface area contributed by atoms with Crippen LogP contribution in [0.5, 0.6) is 0 Å². The van der Waals surface area contributed by atoms with Crippen molar-refractivity contribution in [2.75, 3.05) is 6.61 Å². The largest absolute Gasteiger partial charge is 0.375 e. The van der Waals surface area contributed by atoms with Crippen LogP contribution >= 0.6 is 0 Å². The zero-order valence-corrected chi connectivity index (χ0v) is 11.5. The molecule has 1 atom stereocenters. The lowest BCUT2D eigenvalue weighted by Gasteiger charge is -2.46. The number of carbonyl (C=O) groups excluding carboxylic acids is 1. The van der Waals surface area contributed by atoms with Gasteiger partial charge in [0, 0.05) is 19.4 Å². The van der Waals surface area contributed by atoms with Crippen molar-refractivity contribution in [3.05, 3.63) is 0 Å². The highest BCUT2D eigenvalue weighted by Crippen LogP contribution is 2.45. The molecule has 0 N–H and O–H groups in total. The topological polar surface area (TPSA) is 26.3 Å². The van der Waals surface area contributed by atoms with Crippen molar-refractivity contribution in [1.82, 2.24) is 0 Å². The van der Waals surface area contributed by atoms with E-state index in [2.05, 4.69) is 0 Å². The molecule has 0 radical (unpaired) electrons. The standard InChI is InChI=1S/C16H26O2/c17-15-6-4-13(5-7-15)14-8-11-18-16(12-14)9-2-1-3-10-16/h13-14H,1-12H2. The molecule has 0 amide bonds. The van der Waals surface area contributed by atoms with Crippen molar-refractivity contribution >= 4 is 5.78 Å². The molecule has 2 saturated carbocycles. The number of hydrogen-bond donors (Lipinski definition) is 0. The molecule has 1 heterocycles. The van der Waals surface area contributed by atoms with Gasteiger partial charge in [0.05, 0.1) is 5.60 Å². The van der Waals surface area contributed by atoms with E-state index in [-0.39, 0.29) is 5.60 Å². The molecular weight excluding hydrogens is 224 g/mol. The first-order valence-corrected chi connectivity index (χ1v) is 7.93. The van der Waals surface area contributed by atoms with Crippen molar-refractivity contribution < 1.29 is 9.53 Å². The zero-order valence-electron chi connectivity index (χ0n) is 11.5. The highest BCUT2D eigenvalue weighted by atomic mass is 16.5.